The van der Waals surface area contributed by atoms with Crippen LogP contribution in [0.1, 0.15) is 33.6 Å². The van der Waals surface area contributed by atoms with E-state index in [-0.39, 0.29) is 0 Å². The highest BCUT2D eigenvalue weighted by molar-refractivity contribution is 5.83. The van der Waals surface area contributed by atoms with Crippen molar-refractivity contribution >= 4 is 12.0 Å². The summed E-state index contributed by atoms with van der Waals surface area (Å²) in [6.07, 6.45) is 1.66. The zero-order valence-electron chi connectivity index (χ0n) is 11.6. The Bertz CT molecular complexity index is 274. The number of hydrogen-bond acceptors (Lipinski definition) is 3. The molecule has 6 heteroatoms. The number of carboxylic acid groups (broad SMARTS) is 1. The van der Waals surface area contributed by atoms with Gasteiger partial charge in [0.2, 0.25) is 0 Å². The fraction of sp³-hybridized carbons (Fsp3) is 0.833. The number of aliphatic carboxylic acids is 1. The molecule has 2 amide bonds. The third-order valence-corrected chi connectivity index (χ3v) is 2.45. The molecule has 18 heavy (non-hydrogen) atoms. The topological polar surface area (TPSA) is 87.7 Å². The molecule has 0 aliphatic heterocycles. The first kappa shape index (κ1) is 16.7. The molecule has 106 valence electrons. The standard InChI is InChI=1S/C12H24N2O4/c1-12(2,3)9(10(15)16)14-11(17)13-7-5-6-8-18-4/h9H,5-8H2,1-4H3,(H,15,16)(H2,13,14,17). The molecule has 0 saturated heterocycles. The maximum absolute atomic E-state index is 11.5. The van der Waals surface area contributed by atoms with E-state index in [1.807, 2.05) is 0 Å². The molecule has 0 heterocycles. The first-order valence-electron chi connectivity index (χ1n) is 6.05. The summed E-state index contributed by atoms with van der Waals surface area (Å²) >= 11 is 0. The van der Waals surface area contributed by atoms with Gasteiger partial charge in [-0.05, 0) is 18.3 Å². The van der Waals surface area contributed by atoms with E-state index in [0.29, 0.717) is 13.2 Å². The second kappa shape index (κ2) is 7.92. The van der Waals surface area contributed by atoms with Gasteiger partial charge in [0, 0.05) is 20.3 Å². The van der Waals surface area contributed by atoms with Crippen molar-refractivity contribution in [1.29, 1.82) is 0 Å². The summed E-state index contributed by atoms with van der Waals surface area (Å²) in [7, 11) is 1.63. The Kier molecular flexibility index (Phi) is 7.35. The lowest BCUT2D eigenvalue weighted by atomic mass is 9.87. The first-order valence-corrected chi connectivity index (χ1v) is 6.05. The molecule has 3 N–H and O–H groups in total. The Morgan fingerprint density at radius 3 is 2.33 bits per heavy atom. The molecule has 0 aromatic carbocycles. The van der Waals surface area contributed by atoms with Crippen molar-refractivity contribution in [2.45, 2.75) is 39.7 Å². The summed E-state index contributed by atoms with van der Waals surface area (Å²) < 4.78 is 4.88. The zero-order valence-corrected chi connectivity index (χ0v) is 11.6. The largest absolute Gasteiger partial charge is 0.480 e. The highest BCUT2D eigenvalue weighted by Gasteiger charge is 2.32. The van der Waals surface area contributed by atoms with Gasteiger partial charge < -0.3 is 20.5 Å². The Labute approximate surface area is 108 Å². The molecule has 1 atom stereocenters. The van der Waals surface area contributed by atoms with Gasteiger partial charge >= 0.3 is 12.0 Å². The van der Waals surface area contributed by atoms with E-state index < -0.39 is 23.5 Å². The van der Waals surface area contributed by atoms with E-state index in [0.717, 1.165) is 12.8 Å². The quantitative estimate of drug-likeness (QED) is 0.600. The van der Waals surface area contributed by atoms with Crippen LogP contribution in [-0.2, 0) is 9.53 Å². The summed E-state index contributed by atoms with van der Waals surface area (Å²) in [5.41, 5.74) is -0.529. The maximum atomic E-state index is 11.5. The fourth-order valence-corrected chi connectivity index (χ4v) is 1.40. The number of carboxylic acids is 1. The second-order valence-corrected chi connectivity index (χ2v) is 5.24. The van der Waals surface area contributed by atoms with Gasteiger partial charge in [0.25, 0.3) is 0 Å². The predicted molar refractivity (Wildman–Crippen MR) is 68.5 cm³/mol. The van der Waals surface area contributed by atoms with Crippen LogP contribution >= 0.6 is 0 Å². The molecule has 0 aromatic rings. The van der Waals surface area contributed by atoms with Crippen LogP contribution < -0.4 is 10.6 Å². The summed E-state index contributed by atoms with van der Waals surface area (Å²) in [4.78, 5) is 22.6. The third kappa shape index (κ3) is 7.11. The summed E-state index contributed by atoms with van der Waals surface area (Å²) in [5.74, 6) is -1.03. The molecular weight excluding hydrogens is 236 g/mol. The van der Waals surface area contributed by atoms with Crippen LogP contribution in [0.25, 0.3) is 0 Å². The van der Waals surface area contributed by atoms with Gasteiger partial charge in [0.1, 0.15) is 6.04 Å². The van der Waals surface area contributed by atoms with E-state index in [4.69, 9.17) is 9.84 Å². The van der Waals surface area contributed by atoms with E-state index >= 15 is 0 Å². The van der Waals surface area contributed by atoms with Crippen LogP contribution in [0.15, 0.2) is 0 Å². The molecule has 0 saturated carbocycles. The normalized spacial score (nSPS) is 12.9. The minimum atomic E-state index is -1.03. The highest BCUT2D eigenvalue weighted by atomic mass is 16.5. The highest BCUT2D eigenvalue weighted by Crippen LogP contribution is 2.19. The number of amides is 2. The summed E-state index contributed by atoms with van der Waals surface area (Å²) in [6, 6.07) is -1.36. The Morgan fingerprint density at radius 2 is 1.89 bits per heavy atom. The van der Waals surface area contributed by atoms with Crippen LogP contribution in [0.4, 0.5) is 4.79 Å². The number of methoxy groups -OCH3 is 1. The van der Waals surface area contributed by atoms with Crippen molar-refractivity contribution in [1.82, 2.24) is 10.6 Å². The Morgan fingerprint density at radius 1 is 1.28 bits per heavy atom. The van der Waals surface area contributed by atoms with Crippen LogP contribution in [0.5, 0.6) is 0 Å². The van der Waals surface area contributed by atoms with Gasteiger partial charge in [0.15, 0.2) is 0 Å². The average molecular weight is 260 g/mol. The molecule has 1 unspecified atom stereocenters. The van der Waals surface area contributed by atoms with Crippen molar-refractivity contribution in [2.75, 3.05) is 20.3 Å². The number of nitrogens with one attached hydrogen (secondary N) is 2. The van der Waals surface area contributed by atoms with Gasteiger partial charge in [0.05, 0.1) is 0 Å². The molecule has 0 rings (SSSR count). The monoisotopic (exact) mass is 260 g/mol. The van der Waals surface area contributed by atoms with Gasteiger partial charge in [-0.15, -0.1) is 0 Å². The molecule has 6 nitrogen and oxygen atoms in total. The number of hydrogen-bond donors (Lipinski definition) is 3. The number of rotatable bonds is 7. The summed E-state index contributed by atoms with van der Waals surface area (Å²) in [5, 5.41) is 14.1. The minimum absolute atomic E-state index is 0.449. The first-order chi connectivity index (χ1) is 8.29. The molecule has 0 spiro atoms. The van der Waals surface area contributed by atoms with Crippen molar-refractivity contribution in [3.8, 4) is 0 Å². The van der Waals surface area contributed by atoms with Crippen molar-refractivity contribution in [2.24, 2.45) is 5.41 Å². The molecule has 0 fully saturated rings. The number of ether oxygens (including phenoxy) is 1. The average Bonchev–Trinajstić information content (AvgIpc) is 2.23. The molecular formula is C12H24N2O4. The van der Waals surface area contributed by atoms with Crippen LogP contribution in [0.2, 0.25) is 0 Å². The van der Waals surface area contributed by atoms with E-state index in [1.165, 1.54) is 0 Å². The molecule has 0 bridgehead atoms. The van der Waals surface area contributed by atoms with Gasteiger partial charge in [-0.2, -0.15) is 0 Å². The Hall–Kier alpha value is -1.30. The maximum Gasteiger partial charge on any atom is 0.326 e. The SMILES string of the molecule is COCCCCNC(=O)NC(C(=O)O)C(C)(C)C. The van der Waals surface area contributed by atoms with Crippen LogP contribution in [0.3, 0.4) is 0 Å². The van der Waals surface area contributed by atoms with Gasteiger partial charge in [-0.1, -0.05) is 20.8 Å². The van der Waals surface area contributed by atoms with Gasteiger partial charge in [-0.3, -0.25) is 0 Å². The van der Waals surface area contributed by atoms with E-state index in [1.54, 1.807) is 27.9 Å². The fourth-order valence-electron chi connectivity index (χ4n) is 1.40. The van der Waals surface area contributed by atoms with Crippen LogP contribution in [-0.4, -0.2) is 43.4 Å². The third-order valence-electron chi connectivity index (χ3n) is 2.45. The molecule has 0 aliphatic carbocycles. The van der Waals surface area contributed by atoms with Crippen molar-refractivity contribution < 1.29 is 19.4 Å². The number of carbonyl (C=O) groups is 2. The lowest BCUT2D eigenvalue weighted by Gasteiger charge is -2.27. The van der Waals surface area contributed by atoms with Gasteiger partial charge in [-0.25, -0.2) is 9.59 Å². The number of unbranched alkanes of at least 4 members (excludes halogenated alkanes) is 1. The van der Waals surface area contributed by atoms with E-state index in [9.17, 15) is 9.59 Å². The Balaban J connectivity index is 4.01. The van der Waals surface area contributed by atoms with Crippen LogP contribution in [0, 0.1) is 5.41 Å². The lowest BCUT2D eigenvalue weighted by Crippen LogP contribution is -2.52. The second-order valence-electron chi connectivity index (χ2n) is 5.24. The molecule has 0 radical (unpaired) electrons. The minimum Gasteiger partial charge on any atom is -0.480 e. The molecule has 0 aliphatic rings. The van der Waals surface area contributed by atoms with Crippen molar-refractivity contribution in [3.05, 3.63) is 0 Å². The number of urea groups is 1. The smallest absolute Gasteiger partial charge is 0.326 e. The van der Waals surface area contributed by atoms with E-state index in [2.05, 4.69) is 10.6 Å². The number of carbonyl (C=O) groups excluding carboxylic acids is 1. The van der Waals surface area contributed by atoms with Crippen molar-refractivity contribution in [3.63, 3.8) is 0 Å². The predicted octanol–water partition coefficient (Wildman–Crippen LogP) is 1.21. The lowest BCUT2D eigenvalue weighted by molar-refractivity contribution is -0.141. The molecule has 0 aromatic heterocycles. The summed E-state index contributed by atoms with van der Waals surface area (Å²) in [6.45, 7) is 6.47. The zero-order chi connectivity index (χ0) is 14.2.